The van der Waals surface area contributed by atoms with Crippen molar-refractivity contribution < 1.29 is 4.79 Å². The predicted molar refractivity (Wildman–Crippen MR) is 93.4 cm³/mol. The molecule has 0 spiro atoms. The lowest BCUT2D eigenvalue weighted by Crippen LogP contribution is -2.55. The minimum atomic E-state index is -0.134. The number of nitrogens with one attached hydrogen (secondary N) is 1. The number of likely N-dealkylation sites (tertiary alicyclic amines) is 1. The summed E-state index contributed by atoms with van der Waals surface area (Å²) in [7, 11) is 0. The van der Waals surface area contributed by atoms with Gasteiger partial charge in [-0.1, -0.05) is 29.8 Å². The van der Waals surface area contributed by atoms with Crippen LogP contribution in [0.2, 0.25) is 0 Å². The van der Waals surface area contributed by atoms with Crippen LogP contribution in [0.15, 0.2) is 24.3 Å². The highest BCUT2D eigenvalue weighted by atomic mass is 16.2. The van der Waals surface area contributed by atoms with Crippen molar-refractivity contribution in [3.8, 4) is 0 Å². The highest BCUT2D eigenvalue weighted by Gasteiger charge is 2.35. The molecule has 0 radical (unpaired) electrons. The zero-order chi connectivity index (χ0) is 16.2. The monoisotopic (exact) mass is 315 g/mol. The zero-order valence-electron chi connectivity index (χ0n) is 14.4. The molecule has 0 bridgehead atoms. The molecule has 3 rings (SSSR count). The number of carbonyl (C=O) groups excluding carboxylic acids is 1. The van der Waals surface area contributed by atoms with E-state index in [2.05, 4.69) is 53.2 Å². The fourth-order valence-electron chi connectivity index (χ4n) is 3.75. The number of piperidine rings is 1. The third-order valence-electron chi connectivity index (χ3n) is 5.18. The van der Waals surface area contributed by atoms with Crippen LogP contribution in [0.1, 0.15) is 43.4 Å². The van der Waals surface area contributed by atoms with E-state index in [1.54, 1.807) is 0 Å². The van der Waals surface area contributed by atoms with Crippen LogP contribution in [0, 0.1) is 6.92 Å². The highest BCUT2D eigenvalue weighted by molar-refractivity contribution is 5.83. The maximum Gasteiger partial charge on any atom is 0.244 e. The smallest absolute Gasteiger partial charge is 0.244 e. The van der Waals surface area contributed by atoms with E-state index in [4.69, 9.17) is 0 Å². The summed E-state index contributed by atoms with van der Waals surface area (Å²) in [6.45, 7) is 8.99. The van der Waals surface area contributed by atoms with Crippen molar-refractivity contribution in [2.45, 2.75) is 45.2 Å². The molecular weight excluding hydrogens is 286 g/mol. The lowest BCUT2D eigenvalue weighted by Gasteiger charge is -2.41. The van der Waals surface area contributed by atoms with Gasteiger partial charge >= 0.3 is 0 Å². The van der Waals surface area contributed by atoms with Gasteiger partial charge in [0.15, 0.2) is 0 Å². The van der Waals surface area contributed by atoms with Crippen molar-refractivity contribution in [1.29, 1.82) is 0 Å². The number of aryl methyl sites for hydroxylation is 1. The fourth-order valence-corrected chi connectivity index (χ4v) is 3.75. The van der Waals surface area contributed by atoms with Crippen molar-refractivity contribution in [1.82, 2.24) is 15.1 Å². The topological polar surface area (TPSA) is 35.6 Å². The van der Waals surface area contributed by atoms with Gasteiger partial charge in [0.05, 0.1) is 0 Å². The van der Waals surface area contributed by atoms with Crippen LogP contribution >= 0.6 is 0 Å². The third kappa shape index (κ3) is 3.75. The molecule has 126 valence electrons. The van der Waals surface area contributed by atoms with E-state index in [0.29, 0.717) is 11.9 Å². The Bertz CT molecular complexity index is 522. The molecule has 4 nitrogen and oxygen atoms in total. The molecule has 1 aromatic carbocycles. The Hall–Kier alpha value is -1.39. The third-order valence-corrected chi connectivity index (χ3v) is 5.18. The second-order valence-corrected chi connectivity index (χ2v) is 6.99. The van der Waals surface area contributed by atoms with Gasteiger partial charge in [-0.15, -0.1) is 0 Å². The predicted octanol–water partition coefficient (Wildman–Crippen LogP) is 2.34. The van der Waals surface area contributed by atoms with E-state index < -0.39 is 0 Å². The largest absolute Gasteiger partial charge is 0.341 e. The molecule has 2 aliphatic heterocycles. The molecule has 2 heterocycles. The summed E-state index contributed by atoms with van der Waals surface area (Å²) >= 11 is 0. The molecule has 2 aliphatic rings. The van der Waals surface area contributed by atoms with Crippen LogP contribution in [-0.4, -0.2) is 54.5 Å². The first-order chi connectivity index (χ1) is 11.2. The number of amides is 1. The molecule has 2 unspecified atom stereocenters. The zero-order valence-corrected chi connectivity index (χ0v) is 14.4. The van der Waals surface area contributed by atoms with E-state index in [9.17, 15) is 4.79 Å². The average molecular weight is 315 g/mol. The number of benzene rings is 1. The fraction of sp³-hybridized carbons (Fsp3) is 0.632. The standard InChI is InChI=1S/C19H29N3O/c1-15-6-8-17(9-7-15)18(22-13-10-20-14-16(22)2)19(23)21-11-4-3-5-12-21/h6-9,16,18,20H,3-5,10-14H2,1-2H3. The van der Waals surface area contributed by atoms with Crippen LogP contribution in [0.25, 0.3) is 0 Å². The van der Waals surface area contributed by atoms with E-state index in [1.165, 1.54) is 12.0 Å². The van der Waals surface area contributed by atoms with Crippen molar-refractivity contribution >= 4 is 5.91 Å². The first kappa shape index (κ1) is 16.5. The van der Waals surface area contributed by atoms with Crippen LogP contribution in [0.3, 0.4) is 0 Å². The molecule has 1 amide bonds. The Morgan fingerprint density at radius 1 is 1.13 bits per heavy atom. The van der Waals surface area contributed by atoms with Crippen molar-refractivity contribution in [3.05, 3.63) is 35.4 Å². The van der Waals surface area contributed by atoms with Crippen molar-refractivity contribution in [2.75, 3.05) is 32.7 Å². The first-order valence-corrected chi connectivity index (χ1v) is 8.98. The Kier molecular flexibility index (Phi) is 5.34. The average Bonchev–Trinajstić information content (AvgIpc) is 2.59. The van der Waals surface area contributed by atoms with Gasteiger partial charge in [0.25, 0.3) is 0 Å². The molecule has 0 aromatic heterocycles. The molecule has 1 N–H and O–H groups in total. The van der Waals surface area contributed by atoms with Crippen LogP contribution in [0.4, 0.5) is 0 Å². The Morgan fingerprint density at radius 2 is 1.83 bits per heavy atom. The van der Waals surface area contributed by atoms with E-state index >= 15 is 0 Å². The van der Waals surface area contributed by atoms with Crippen LogP contribution in [-0.2, 0) is 4.79 Å². The van der Waals surface area contributed by atoms with E-state index in [-0.39, 0.29) is 6.04 Å². The van der Waals surface area contributed by atoms with Crippen LogP contribution in [0.5, 0.6) is 0 Å². The maximum atomic E-state index is 13.3. The Balaban J connectivity index is 1.88. The lowest BCUT2D eigenvalue weighted by atomic mass is 9.98. The molecule has 2 atom stereocenters. The summed E-state index contributed by atoms with van der Waals surface area (Å²) in [4.78, 5) is 17.8. The number of carbonyl (C=O) groups is 1. The van der Waals surface area contributed by atoms with Gasteiger partial charge in [0.2, 0.25) is 5.91 Å². The van der Waals surface area contributed by atoms with E-state index in [1.807, 2.05) is 0 Å². The van der Waals surface area contributed by atoms with Gasteiger partial charge in [0.1, 0.15) is 6.04 Å². The molecule has 23 heavy (non-hydrogen) atoms. The second kappa shape index (κ2) is 7.45. The summed E-state index contributed by atoms with van der Waals surface area (Å²) in [6.07, 6.45) is 3.54. The maximum absolute atomic E-state index is 13.3. The van der Waals surface area contributed by atoms with Crippen LogP contribution < -0.4 is 5.32 Å². The lowest BCUT2D eigenvalue weighted by molar-refractivity contribution is -0.139. The number of nitrogens with zero attached hydrogens (tertiary/aromatic N) is 2. The molecular formula is C19H29N3O. The summed E-state index contributed by atoms with van der Waals surface area (Å²) in [5, 5.41) is 3.43. The van der Waals surface area contributed by atoms with Crippen molar-refractivity contribution in [3.63, 3.8) is 0 Å². The normalized spacial score (nSPS) is 24.4. The summed E-state index contributed by atoms with van der Waals surface area (Å²) < 4.78 is 0. The van der Waals surface area contributed by atoms with Gasteiger partial charge in [-0.2, -0.15) is 0 Å². The van der Waals surface area contributed by atoms with Gasteiger partial charge in [-0.05, 0) is 38.7 Å². The second-order valence-electron chi connectivity index (χ2n) is 6.99. The number of hydrogen-bond donors (Lipinski definition) is 1. The highest BCUT2D eigenvalue weighted by Crippen LogP contribution is 2.28. The van der Waals surface area contributed by atoms with Gasteiger partial charge < -0.3 is 10.2 Å². The van der Waals surface area contributed by atoms with Gasteiger partial charge in [0, 0.05) is 38.8 Å². The molecule has 2 fully saturated rings. The Labute approximate surface area is 139 Å². The van der Waals surface area contributed by atoms with E-state index in [0.717, 1.165) is 51.1 Å². The summed E-state index contributed by atoms with van der Waals surface area (Å²) in [5.41, 5.74) is 2.38. The number of piperazine rings is 1. The molecule has 0 aliphatic carbocycles. The summed E-state index contributed by atoms with van der Waals surface area (Å²) in [6, 6.07) is 8.76. The molecule has 2 saturated heterocycles. The summed E-state index contributed by atoms with van der Waals surface area (Å²) in [5.74, 6) is 0.294. The van der Waals surface area contributed by atoms with Gasteiger partial charge in [-0.3, -0.25) is 9.69 Å². The molecule has 0 saturated carbocycles. The molecule has 4 heteroatoms. The van der Waals surface area contributed by atoms with Gasteiger partial charge in [-0.25, -0.2) is 0 Å². The number of hydrogen-bond acceptors (Lipinski definition) is 3. The minimum absolute atomic E-state index is 0.134. The quantitative estimate of drug-likeness (QED) is 0.930. The first-order valence-electron chi connectivity index (χ1n) is 8.98. The Morgan fingerprint density at radius 3 is 2.48 bits per heavy atom. The van der Waals surface area contributed by atoms with Crippen molar-refractivity contribution in [2.24, 2.45) is 0 Å². The molecule has 1 aromatic rings. The minimum Gasteiger partial charge on any atom is -0.341 e. The SMILES string of the molecule is Cc1ccc(C(C(=O)N2CCCCC2)N2CCNCC2C)cc1. The number of rotatable bonds is 3.